The molecule has 1 amide bonds. The maximum atomic E-state index is 13.2. The molecule has 194 valence electrons. The summed E-state index contributed by atoms with van der Waals surface area (Å²) in [6, 6.07) is 9.67. The summed E-state index contributed by atoms with van der Waals surface area (Å²) < 4.78 is 50.4. The van der Waals surface area contributed by atoms with Crippen molar-refractivity contribution in [2.24, 2.45) is 0 Å². The number of amides is 1. The molecule has 1 N–H and O–H groups in total. The number of nitrogens with zero attached hydrogens (tertiary/aromatic N) is 3. The van der Waals surface area contributed by atoms with E-state index in [4.69, 9.17) is 14.3 Å². The lowest BCUT2D eigenvalue weighted by Crippen LogP contribution is -2.42. The molecule has 0 bridgehead atoms. The van der Waals surface area contributed by atoms with Gasteiger partial charge in [-0.2, -0.15) is 13.2 Å². The molecule has 2 aromatic carbocycles. The highest BCUT2D eigenvalue weighted by Crippen LogP contribution is 2.32. The van der Waals surface area contributed by atoms with Gasteiger partial charge in [-0.3, -0.25) is 9.59 Å². The van der Waals surface area contributed by atoms with Crippen molar-refractivity contribution < 1.29 is 32.3 Å². The molecule has 9 nitrogen and oxygen atoms in total. The lowest BCUT2D eigenvalue weighted by atomic mass is 10.1. The molecular weight excluding hydrogens is 493 g/mol. The van der Waals surface area contributed by atoms with Gasteiger partial charge in [0.05, 0.1) is 23.4 Å². The molecule has 0 saturated heterocycles. The minimum atomic E-state index is -4.42. The number of anilines is 1. The highest BCUT2D eigenvalue weighted by atomic mass is 19.4. The van der Waals surface area contributed by atoms with Crippen LogP contribution in [0.5, 0.6) is 11.5 Å². The molecule has 2 aliphatic heterocycles. The van der Waals surface area contributed by atoms with Gasteiger partial charge >= 0.3 is 6.18 Å². The Hall–Kier alpha value is -4.22. The summed E-state index contributed by atoms with van der Waals surface area (Å²) in [4.78, 5) is 37.7. The maximum absolute atomic E-state index is 13.2. The number of hydrogen-bond donors (Lipinski definition) is 1. The highest BCUT2D eigenvalue weighted by Gasteiger charge is 2.30. The van der Waals surface area contributed by atoms with Gasteiger partial charge < -0.3 is 24.5 Å². The van der Waals surface area contributed by atoms with Crippen molar-refractivity contribution in [2.45, 2.75) is 25.7 Å². The van der Waals surface area contributed by atoms with Crippen molar-refractivity contribution in [3.8, 4) is 11.5 Å². The molecule has 1 aromatic heterocycles. The second kappa shape index (κ2) is 9.68. The zero-order valence-corrected chi connectivity index (χ0v) is 19.8. The van der Waals surface area contributed by atoms with Gasteiger partial charge in [0, 0.05) is 25.1 Å². The summed E-state index contributed by atoms with van der Waals surface area (Å²) in [5.74, 6) is 0.949. The Labute approximate surface area is 209 Å². The van der Waals surface area contributed by atoms with Crippen LogP contribution in [0.2, 0.25) is 0 Å². The summed E-state index contributed by atoms with van der Waals surface area (Å²) >= 11 is 0. The van der Waals surface area contributed by atoms with Crippen molar-refractivity contribution in [2.75, 3.05) is 32.2 Å². The van der Waals surface area contributed by atoms with E-state index in [0.717, 1.165) is 16.9 Å². The molecule has 0 fully saturated rings. The van der Waals surface area contributed by atoms with E-state index in [9.17, 15) is 22.8 Å². The third-order valence-corrected chi connectivity index (χ3v) is 6.18. The number of nitrogens with one attached hydrogen (secondary N) is 1. The van der Waals surface area contributed by atoms with Gasteiger partial charge in [0.15, 0.2) is 11.5 Å². The van der Waals surface area contributed by atoms with Crippen LogP contribution in [-0.2, 0) is 25.7 Å². The SMILES string of the molecule is COn1c(NCc2ccc(C(F)(F)F)cc2)nc2c(c1=O)CN(C(=O)c1ccc3c(c1)OCCO3)CC2. The summed E-state index contributed by atoms with van der Waals surface area (Å²) in [7, 11) is 1.31. The average Bonchev–Trinajstić information content (AvgIpc) is 2.91. The second-order valence-electron chi connectivity index (χ2n) is 8.53. The molecular formula is C25H23F3N4O5. The van der Waals surface area contributed by atoms with Gasteiger partial charge in [0.1, 0.15) is 20.3 Å². The van der Waals surface area contributed by atoms with Crippen molar-refractivity contribution in [1.82, 2.24) is 14.6 Å². The number of aromatic nitrogens is 2. The number of hydrogen-bond acceptors (Lipinski definition) is 7. The fourth-order valence-corrected chi connectivity index (χ4v) is 4.27. The number of alkyl halides is 3. The van der Waals surface area contributed by atoms with Crippen LogP contribution in [0.3, 0.4) is 0 Å². The molecule has 3 aromatic rings. The predicted octanol–water partition coefficient (Wildman–Crippen LogP) is 2.90. The number of fused-ring (bicyclic) bond motifs is 2. The van der Waals surface area contributed by atoms with Crippen molar-refractivity contribution in [1.29, 1.82) is 0 Å². The molecule has 0 spiro atoms. The van der Waals surface area contributed by atoms with Crippen molar-refractivity contribution in [3.63, 3.8) is 0 Å². The van der Waals surface area contributed by atoms with E-state index in [1.807, 2.05) is 0 Å². The van der Waals surface area contributed by atoms with Crippen LogP contribution in [0.25, 0.3) is 0 Å². The Morgan fingerprint density at radius 1 is 1.11 bits per heavy atom. The first kappa shape index (κ1) is 24.5. The van der Waals surface area contributed by atoms with Gasteiger partial charge in [0.2, 0.25) is 5.95 Å². The summed E-state index contributed by atoms with van der Waals surface area (Å²) in [5.41, 5.74) is 0.634. The van der Waals surface area contributed by atoms with Crippen LogP contribution in [0.1, 0.15) is 32.7 Å². The van der Waals surface area contributed by atoms with Crippen LogP contribution in [0.4, 0.5) is 19.1 Å². The largest absolute Gasteiger partial charge is 0.486 e. The Morgan fingerprint density at radius 3 is 2.54 bits per heavy atom. The lowest BCUT2D eigenvalue weighted by Gasteiger charge is -2.29. The first-order valence-electron chi connectivity index (χ1n) is 11.5. The molecule has 3 heterocycles. The normalized spacial score (nSPS) is 14.6. The number of carbonyl (C=O) groups excluding carboxylic acids is 1. The number of carbonyl (C=O) groups is 1. The second-order valence-corrected chi connectivity index (χ2v) is 8.53. The molecule has 2 aliphatic rings. The molecule has 5 rings (SSSR count). The summed E-state index contributed by atoms with van der Waals surface area (Å²) in [5, 5.41) is 2.96. The summed E-state index contributed by atoms with van der Waals surface area (Å²) in [6.45, 7) is 1.38. The lowest BCUT2D eigenvalue weighted by molar-refractivity contribution is -0.137. The molecule has 0 aliphatic carbocycles. The van der Waals surface area contributed by atoms with E-state index >= 15 is 0 Å². The van der Waals surface area contributed by atoms with E-state index in [2.05, 4.69) is 10.3 Å². The van der Waals surface area contributed by atoms with Crippen LogP contribution in [0, 0.1) is 0 Å². The molecule has 12 heteroatoms. The third kappa shape index (κ3) is 4.91. The maximum Gasteiger partial charge on any atom is 0.416 e. The predicted molar refractivity (Wildman–Crippen MR) is 126 cm³/mol. The van der Waals surface area contributed by atoms with Gasteiger partial charge in [-0.25, -0.2) is 4.98 Å². The van der Waals surface area contributed by atoms with Gasteiger partial charge in [0.25, 0.3) is 11.5 Å². The molecule has 0 saturated carbocycles. The third-order valence-electron chi connectivity index (χ3n) is 6.18. The molecule has 37 heavy (non-hydrogen) atoms. The zero-order chi connectivity index (χ0) is 26.2. The van der Waals surface area contributed by atoms with E-state index in [0.29, 0.717) is 60.1 Å². The topological polar surface area (TPSA) is 94.9 Å². The Kier molecular flexibility index (Phi) is 6.40. The number of rotatable bonds is 5. The molecule has 0 atom stereocenters. The number of ether oxygens (including phenoxy) is 2. The minimum Gasteiger partial charge on any atom is -0.486 e. The van der Waals surface area contributed by atoms with E-state index in [1.54, 1.807) is 23.1 Å². The summed E-state index contributed by atoms with van der Waals surface area (Å²) in [6.07, 6.45) is -4.07. The smallest absolute Gasteiger partial charge is 0.416 e. The van der Waals surface area contributed by atoms with E-state index < -0.39 is 17.3 Å². The van der Waals surface area contributed by atoms with Crippen LogP contribution in [-0.4, -0.2) is 47.4 Å². The van der Waals surface area contributed by atoms with Gasteiger partial charge in [-0.15, -0.1) is 4.73 Å². The Balaban J connectivity index is 1.33. The zero-order valence-electron chi connectivity index (χ0n) is 19.8. The molecule has 0 radical (unpaired) electrons. The number of halogens is 3. The van der Waals surface area contributed by atoms with E-state index in [-0.39, 0.29) is 24.9 Å². The fraction of sp³-hybridized carbons (Fsp3) is 0.320. The van der Waals surface area contributed by atoms with Crippen molar-refractivity contribution in [3.05, 3.63) is 80.8 Å². The highest BCUT2D eigenvalue weighted by molar-refractivity contribution is 5.95. The Morgan fingerprint density at radius 2 is 1.84 bits per heavy atom. The van der Waals surface area contributed by atoms with E-state index in [1.165, 1.54) is 19.2 Å². The standard InChI is InChI=1S/C25H23F3N4O5/c1-35-32-23(34)18-14-31(22(33)16-4-7-20-21(12-16)37-11-10-36-20)9-8-19(18)30-24(32)29-13-15-2-5-17(6-3-15)25(26,27)28/h2-7,12H,8-11,13-14H2,1H3,(H,29,30). The van der Waals surface area contributed by atoms with Crippen molar-refractivity contribution >= 4 is 11.9 Å². The monoisotopic (exact) mass is 516 g/mol. The fourth-order valence-electron chi connectivity index (χ4n) is 4.27. The Bertz CT molecular complexity index is 1390. The first-order valence-corrected chi connectivity index (χ1v) is 11.5. The first-order chi connectivity index (χ1) is 17.7. The van der Waals surface area contributed by atoms with Crippen LogP contribution < -0.4 is 25.2 Å². The minimum absolute atomic E-state index is 0.0526. The van der Waals surface area contributed by atoms with Gasteiger partial charge in [-0.05, 0) is 35.9 Å². The molecule has 0 unspecified atom stereocenters. The average molecular weight is 516 g/mol. The number of benzene rings is 2. The quantitative estimate of drug-likeness (QED) is 0.557. The van der Waals surface area contributed by atoms with Gasteiger partial charge in [-0.1, -0.05) is 12.1 Å². The van der Waals surface area contributed by atoms with Crippen LogP contribution in [0.15, 0.2) is 47.3 Å². The van der Waals surface area contributed by atoms with Crippen LogP contribution >= 0.6 is 0 Å².